The molecule has 1 amide bonds. The van der Waals surface area contributed by atoms with Crippen molar-refractivity contribution < 1.29 is 14.3 Å². The summed E-state index contributed by atoms with van der Waals surface area (Å²) in [6, 6.07) is 14.6. The molecule has 0 spiro atoms. The number of ether oxygens (including phenoxy) is 1. The van der Waals surface area contributed by atoms with Gasteiger partial charge < -0.3 is 9.64 Å². The molecule has 3 heterocycles. The molecule has 0 bridgehead atoms. The predicted molar refractivity (Wildman–Crippen MR) is 149 cm³/mol. The second-order valence-electron chi connectivity index (χ2n) is 8.22. The number of hydrogen-bond donors (Lipinski definition) is 0. The van der Waals surface area contributed by atoms with Crippen LogP contribution in [0.4, 0.5) is 11.4 Å². The molecule has 1 aromatic heterocycles. The molecule has 37 heavy (non-hydrogen) atoms. The molecule has 0 N–H and O–H groups in total. The number of aromatic nitrogens is 1. The number of carbonyl (C=O) groups is 2. The minimum Gasteiger partial charge on any atom is -0.466 e. The third-order valence-corrected chi connectivity index (χ3v) is 8.73. The molecule has 0 saturated heterocycles. The Morgan fingerprint density at radius 2 is 1.86 bits per heavy atom. The molecule has 3 aromatic rings. The van der Waals surface area contributed by atoms with Crippen molar-refractivity contribution in [2.24, 2.45) is 5.10 Å². The number of fused-ring (bicyclic) bond motifs is 1. The van der Waals surface area contributed by atoms with Crippen LogP contribution >= 0.6 is 34.7 Å². The standard InChI is InChI=1S/C26H23ClN4O4S2/c1-4-30-24(34)22(26-29(3)18-13-15(27)11-12-19(18)36-26)37-25(30)21-17(14-20(32)35-5-2)28-31(23(21)33)16-9-7-6-8-10-16/h6-13H,4-5,14H2,1-3H3. The molecule has 11 heteroatoms. The topological polar surface area (TPSA) is 84.2 Å². The van der Waals surface area contributed by atoms with Crippen molar-refractivity contribution >= 4 is 74.3 Å². The molecule has 190 valence electrons. The minimum absolute atomic E-state index is 0.182. The summed E-state index contributed by atoms with van der Waals surface area (Å²) in [5, 5.41) is 7.15. The van der Waals surface area contributed by atoms with Gasteiger partial charge in [0.2, 0.25) is 0 Å². The Labute approximate surface area is 226 Å². The molecular formula is C26H23ClN4O4S2. The number of amides is 1. The number of halogens is 1. The number of hydrogen-bond acceptors (Lipinski definition) is 8. The number of benzene rings is 2. The first kappa shape index (κ1) is 25.3. The van der Waals surface area contributed by atoms with Crippen LogP contribution in [0, 0.1) is 0 Å². The van der Waals surface area contributed by atoms with Crippen molar-refractivity contribution in [2.75, 3.05) is 23.6 Å². The second-order valence-corrected chi connectivity index (χ2v) is 10.7. The highest BCUT2D eigenvalue weighted by Crippen LogP contribution is 2.46. The van der Waals surface area contributed by atoms with E-state index in [4.69, 9.17) is 16.3 Å². The normalized spacial score (nSPS) is 17.8. The Balaban J connectivity index is 1.73. The van der Waals surface area contributed by atoms with Crippen LogP contribution in [0.2, 0.25) is 5.02 Å². The zero-order chi connectivity index (χ0) is 26.3. The van der Waals surface area contributed by atoms with Gasteiger partial charge in [0.25, 0.3) is 11.5 Å². The van der Waals surface area contributed by atoms with Gasteiger partial charge in [-0.15, -0.1) is 11.3 Å². The van der Waals surface area contributed by atoms with E-state index in [0.29, 0.717) is 26.4 Å². The van der Waals surface area contributed by atoms with Crippen LogP contribution in [0.1, 0.15) is 20.3 Å². The van der Waals surface area contributed by atoms with E-state index in [-0.39, 0.29) is 29.9 Å². The van der Waals surface area contributed by atoms with Gasteiger partial charge >= 0.3 is 5.97 Å². The Hall–Kier alpha value is -3.34. The van der Waals surface area contributed by atoms with Crippen molar-refractivity contribution in [3.8, 4) is 0 Å². The van der Waals surface area contributed by atoms with Gasteiger partial charge in [-0.1, -0.05) is 41.6 Å². The molecule has 5 rings (SSSR count). The molecular weight excluding hydrogens is 532 g/mol. The van der Waals surface area contributed by atoms with Crippen LogP contribution in [-0.2, 0) is 20.9 Å². The maximum Gasteiger partial charge on any atom is 0.311 e. The summed E-state index contributed by atoms with van der Waals surface area (Å²) in [5.41, 5.74) is 1.78. The van der Waals surface area contributed by atoms with Crippen molar-refractivity contribution in [3.05, 3.63) is 73.1 Å². The van der Waals surface area contributed by atoms with Gasteiger partial charge in [-0.3, -0.25) is 19.0 Å². The highest BCUT2D eigenvalue weighted by Gasteiger charge is 2.35. The fraction of sp³-hybridized carbons (Fsp3) is 0.231. The number of esters is 1. The Morgan fingerprint density at radius 1 is 1.11 bits per heavy atom. The third-order valence-electron chi connectivity index (χ3n) is 5.93. The average molecular weight is 555 g/mol. The molecule has 0 atom stereocenters. The number of thiazole rings is 1. The lowest BCUT2D eigenvalue weighted by Crippen LogP contribution is -2.35. The van der Waals surface area contributed by atoms with Crippen molar-refractivity contribution in [1.29, 1.82) is 0 Å². The minimum atomic E-state index is -0.489. The quantitative estimate of drug-likeness (QED) is 0.450. The van der Waals surface area contributed by atoms with Gasteiger partial charge in [-0.05, 0) is 44.2 Å². The Kier molecular flexibility index (Phi) is 6.98. The fourth-order valence-electron chi connectivity index (χ4n) is 4.22. The van der Waals surface area contributed by atoms with E-state index in [9.17, 15) is 14.4 Å². The largest absolute Gasteiger partial charge is 0.466 e. The maximum absolute atomic E-state index is 13.7. The van der Waals surface area contributed by atoms with Crippen LogP contribution in [0.5, 0.6) is 0 Å². The van der Waals surface area contributed by atoms with Gasteiger partial charge in [0.1, 0.15) is 14.2 Å². The molecule has 0 fully saturated rings. The molecule has 0 saturated carbocycles. The van der Waals surface area contributed by atoms with E-state index < -0.39 is 11.9 Å². The lowest BCUT2D eigenvalue weighted by molar-refractivity contribution is -0.141. The number of rotatable bonds is 5. The highest BCUT2D eigenvalue weighted by atomic mass is 35.5. The molecule has 0 unspecified atom stereocenters. The van der Waals surface area contributed by atoms with Crippen molar-refractivity contribution in [2.45, 2.75) is 31.7 Å². The first-order valence-corrected chi connectivity index (χ1v) is 13.7. The number of thioether (sulfide) groups is 1. The zero-order valence-corrected chi connectivity index (χ0v) is 22.7. The summed E-state index contributed by atoms with van der Waals surface area (Å²) in [7, 11) is 1.89. The monoisotopic (exact) mass is 554 g/mol. The number of nitrogens with zero attached hydrogens (tertiary/aromatic N) is 4. The average Bonchev–Trinajstić information content (AvgIpc) is 3.50. The SMILES string of the molecule is CCOC(=O)CC1=NN(c2ccccc2)C(=O)C1=c1sc(=C2Sc3ccc(Cl)cc3N2C)c(=O)n1CC. The molecule has 2 aromatic carbocycles. The lowest BCUT2D eigenvalue weighted by Gasteiger charge is -2.12. The van der Waals surface area contributed by atoms with E-state index in [2.05, 4.69) is 5.10 Å². The summed E-state index contributed by atoms with van der Waals surface area (Å²) in [5.74, 6) is -0.885. The van der Waals surface area contributed by atoms with Gasteiger partial charge in [-0.2, -0.15) is 10.1 Å². The zero-order valence-electron chi connectivity index (χ0n) is 20.4. The summed E-state index contributed by atoms with van der Waals surface area (Å²) in [4.78, 5) is 42.7. The summed E-state index contributed by atoms with van der Waals surface area (Å²) in [6.07, 6.45) is -0.182. The van der Waals surface area contributed by atoms with Gasteiger partial charge in [0.05, 0.1) is 35.7 Å². The summed E-state index contributed by atoms with van der Waals surface area (Å²) in [6.45, 7) is 4.13. The van der Waals surface area contributed by atoms with Crippen LogP contribution in [0.3, 0.4) is 0 Å². The number of para-hydroxylation sites is 1. The smallest absolute Gasteiger partial charge is 0.311 e. The molecule has 0 aliphatic carbocycles. The summed E-state index contributed by atoms with van der Waals surface area (Å²) >= 11 is 8.92. The Bertz CT molecular complexity index is 1630. The maximum atomic E-state index is 13.7. The van der Waals surface area contributed by atoms with Gasteiger partial charge in [0.15, 0.2) is 0 Å². The van der Waals surface area contributed by atoms with Crippen LogP contribution in [-0.4, -0.2) is 35.8 Å². The molecule has 2 aliphatic rings. The number of hydrazone groups is 1. The van der Waals surface area contributed by atoms with E-state index in [0.717, 1.165) is 15.6 Å². The van der Waals surface area contributed by atoms with Crippen LogP contribution in [0.15, 0.2) is 63.3 Å². The van der Waals surface area contributed by atoms with Gasteiger partial charge in [0, 0.05) is 23.5 Å². The molecule has 8 nitrogen and oxygen atoms in total. The summed E-state index contributed by atoms with van der Waals surface area (Å²) < 4.78 is 7.67. The van der Waals surface area contributed by atoms with E-state index in [1.54, 1.807) is 35.8 Å². The van der Waals surface area contributed by atoms with Crippen molar-refractivity contribution in [1.82, 2.24) is 4.57 Å². The first-order valence-electron chi connectivity index (χ1n) is 11.7. The first-order chi connectivity index (χ1) is 17.8. The lowest BCUT2D eigenvalue weighted by atomic mass is 10.1. The third kappa shape index (κ3) is 4.49. The highest BCUT2D eigenvalue weighted by molar-refractivity contribution is 8.08. The molecule has 2 aliphatic heterocycles. The van der Waals surface area contributed by atoms with Crippen LogP contribution in [0.25, 0.3) is 10.6 Å². The van der Waals surface area contributed by atoms with Crippen LogP contribution < -0.4 is 24.7 Å². The second kappa shape index (κ2) is 10.2. The van der Waals surface area contributed by atoms with E-state index >= 15 is 0 Å². The van der Waals surface area contributed by atoms with Gasteiger partial charge in [-0.25, -0.2) is 0 Å². The molecule has 0 radical (unpaired) electrons. The van der Waals surface area contributed by atoms with Crippen molar-refractivity contribution in [3.63, 3.8) is 0 Å². The number of carbonyl (C=O) groups excluding carboxylic acids is 2. The Morgan fingerprint density at radius 3 is 2.57 bits per heavy atom. The van der Waals surface area contributed by atoms with E-state index in [1.165, 1.54) is 28.1 Å². The predicted octanol–water partition coefficient (Wildman–Crippen LogP) is 3.40. The number of anilines is 2. The fourth-order valence-corrected chi connectivity index (χ4v) is 6.94. The van der Waals surface area contributed by atoms with E-state index in [1.807, 2.05) is 43.1 Å².